The highest BCUT2D eigenvalue weighted by Crippen LogP contribution is 2.19. The number of aryl methyl sites for hydroxylation is 1. The van der Waals surface area contributed by atoms with Gasteiger partial charge < -0.3 is 10.1 Å². The summed E-state index contributed by atoms with van der Waals surface area (Å²) in [7, 11) is 0. The zero-order valence-electron chi connectivity index (χ0n) is 12.9. The van der Waals surface area contributed by atoms with Crippen molar-refractivity contribution in [2.75, 3.05) is 6.61 Å². The van der Waals surface area contributed by atoms with Gasteiger partial charge in [-0.05, 0) is 32.0 Å². The third kappa shape index (κ3) is 4.03. The van der Waals surface area contributed by atoms with Gasteiger partial charge in [0.1, 0.15) is 0 Å². The maximum atomic E-state index is 12.2. The maximum absolute atomic E-state index is 12.2. The Bertz CT molecular complexity index is 731. The van der Waals surface area contributed by atoms with E-state index in [9.17, 15) is 14.9 Å². The van der Waals surface area contributed by atoms with Gasteiger partial charge in [0.15, 0.2) is 0 Å². The van der Waals surface area contributed by atoms with E-state index in [1.54, 1.807) is 19.2 Å². The fourth-order valence-corrected chi connectivity index (χ4v) is 2.10. The number of rotatable bonds is 6. The van der Waals surface area contributed by atoms with E-state index in [2.05, 4.69) is 10.3 Å². The monoisotopic (exact) mass is 315 g/mol. The van der Waals surface area contributed by atoms with E-state index >= 15 is 0 Å². The Morgan fingerprint density at radius 3 is 2.83 bits per heavy atom. The fraction of sp³-hybridized carbons (Fsp3) is 0.250. The van der Waals surface area contributed by atoms with Crippen molar-refractivity contribution < 1.29 is 14.5 Å². The lowest BCUT2D eigenvalue weighted by molar-refractivity contribution is -0.385. The van der Waals surface area contributed by atoms with Gasteiger partial charge in [0.05, 0.1) is 11.5 Å². The molecular formula is C16H17N3O4. The predicted octanol–water partition coefficient (Wildman–Crippen LogP) is 2.63. The fourth-order valence-electron chi connectivity index (χ4n) is 2.10. The van der Waals surface area contributed by atoms with Gasteiger partial charge in [0, 0.05) is 35.5 Å². The molecule has 120 valence electrons. The normalized spacial score (nSPS) is 10.2. The van der Waals surface area contributed by atoms with Crippen molar-refractivity contribution in [3.05, 3.63) is 63.3 Å². The number of aromatic nitrogens is 1. The van der Waals surface area contributed by atoms with Gasteiger partial charge in [0.2, 0.25) is 5.88 Å². The molecule has 0 radical (unpaired) electrons. The van der Waals surface area contributed by atoms with Crippen LogP contribution in [0.3, 0.4) is 0 Å². The maximum Gasteiger partial charge on any atom is 0.272 e. The molecule has 0 saturated carbocycles. The number of hydrogen-bond acceptors (Lipinski definition) is 5. The number of ether oxygens (including phenoxy) is 1. The molecule has 0 atom stereocenters. The average Bonchev–Trinajstić information content (AvgIpc) is 2.53. The van der Waals surface area contributed by atoms with Gasteiger partial charge in [-0.2, -0.15) is 0 Å². The van der Waals surface area contributed by atoms with Crippen LogP contribution in [0.5, 0.6) is 5.88 Å². The Balaban J connectivity index is 2.08. The molecule has 0 aliphatic carbocycles. The summed E-state index contributed by atoms with van der Waals surface area (Å²) in [5.41, 5.74) is 1.57. The Kier molecular flexibility index (Phi) is 5.24. The molecule has 1 amide bonds. The van der Waals surface area contributed by atoms with Gasteiger partial charge in [-0.1, -0.05) is 6.07 Å². The van der Waals surface area contributed by atoms with Gasteiger partial charge >= 0.3 is 0 Å². The molecule has 0 bridgehead atoms. The van der Waals surface area contributed by atoms with Crippen LogP contribution in [0, 0.1) is 17.0 Å². The third-order valence-electron chi connectivity index (χ3n) is 3.23. The quantitative estimate of drug-likeness (QED) is 0.653. The molecule has 0 aliphatic rings. The first-order valence-corrected chi connectivity index (χ1v) is 7.13. The van der Waals surface area contributed by atoms with Crippen LogP contribution >= 0.6 is 0 Å². The Labute approximate surface area is 133 Å². The van der Waals surface area contributed by atoms with Crippen molar-refractivity contribution in [2.24, 2.45) is 0 Å². The number of nitrogens with zero attached hydrogens (tertiary/aromatic N) is 2. The van der Waals surface area contributed by atoms with Gasteiger partial charge in [-0.15, -0.1) is 0 Å². The second kappa shape index (κ2) is 7.35. The highest BCUT2D eigenvalue weighted by Gasteiger charge is 2.14. The van der Waals surface area contributed by atoms with E-state index in [0.717, 1.165) is 5.56 Å². The number of hydrogen-bond donors (Lipinski definition) is 1. The molecule has 2 aromatic rings. The summed E-state index contributed by atoms with van der Waals surface area (Å²) in [5, 5.41) is 13.6. The molecule has 7 heteroatoms. The molecule has 23 heavy (non-hydrogen) atoms. The van der Waals surface area contributed by atoms with Crippen LogP contribution in [-0.4, -0.2) is 22.4 Å². The lowest BCUT2D eigenvalue weighted by atomic mass is 10.1. The number of nitrogens with one attached hydrogen (secondary N) is 1. The lowest BCUT2D eigenvalue weighted by Gasteiger charge is -2.10. The second-order valence-corrected chi connectivity index (χ2v) is 4.84. The van der Waals surface area contributed by atoms with Crippen molar-refractivity contribution in [3.63, 3.8) is 0 Å². The van der Waals surface area contributed by atoms with E-state index in [1.165, 1.54) is 18.2 Å². The molecule has 0 saturated heterocycles. The molecule has 1 aromatic carbocycles. The van der Waals surface area contributed by atoms with E-state index in [-0.39, 0.29) is 18.1 Å². The number of nitro groups is 1. The summed E-state index contributed by atoms with van der Waals surface area (Å²) in [5.74, 6) is 0.171. The van der Waals surface area contributed by atoms with Crippen LogP contribution in [-0.2, 0) is 6.54 Å². The molecule has 0 aliphatic heterocycles. The van der Waals surface area contributed by atoms with E-state index < -0.39 is 4.92 Å². The molecule has 0 spiro atoms. The largest absolute Gasteiger partial charge is 0.478 e. The second-order valence-electron chi connectivity index (χ2n) is 4.84. The SMILES string of the molecule is CCOc1ncccc1CNC(=O)c1ccc([N+](=O)[O-])c(C)c1. The molecule has 7 nitrogen and oxygen atoms in total. The highest BCUT2D eigenvalue weighted by atomic mass is 16.6. The minimum atomic E-state index is -0.471. The van der Waals surface area contributed by atoms with E-state index in [4.69, 9.17) is 4.74 Å². The summed E-state index contributed by atoms with van der Waals surface area (Å²) in [6.45, 7) is 4.21. The van der Waals surface area contributed by atoms with Crippen LogP contribution in [0.25, 0.3) is 0 Å². The molecule has 1 aromatic heterocycles. The van der Waals surface area contributed by atoms with Crippen molar-refractivity contribution in [2.45, 2.75) is 20.4 Å². The number of nitro benzene ring substituents is 1. The number of carbonyl (C=O) groups is 1. The molecular weight excluding hydrogens is 298 g/mol. The highest BCUT2D eigenvalue weighted by molar-refractivity contribution is 5.94. The van der Waals surface area contributed by atoms with Crippen LogP contribution in [0.15, 0.2) is 36.5 Å². The van der Waals surface area contributed by atoms with Crippen LogP contribution < -0.4 is 10.1 Å². The smallest absolute Gasteiger partial charge is 0.272 e. The first-order chi connectivity index (χ1) is 11.0. The molecule has 0 unspecified atom stereocenters. The minimum Gasteiger partial charge on any atom is -0.478 e. The van der Waals surface area contributed by atoms with Crippen LogP contribution in [0.1, 0.15) is 28.4 Å². The Morgan fingerprint density at radius 2 is 2.17 bits per heavy atom. The topological polar surface area (TPSA) is 94.4 Å². The predicted molar refractivity (Wildman–Crippen MR) is 84.4 cm³/mol. The number of benzene rings is 1. The van der Waals surface area contributed by atoms with Crippen molar-refractivity contribution in [1.82, 2.24) is 10.3 Å². The first kappa shape index (κ1) is 16.4. The molecule has 1 N–H and O–H groups in total. The average molecular weight is 315 g/mol. The van der Waals surface area contributed by atoms with E-state index in [1.807, 2.05) is 13.0 Å². The zero-order chi connectivity index (χ0) is 16.8. The zero-order valence-corrected chi connectivity index (χ0v) is 12.9. The summed E-state index contributed by atoms with van der Waals surface area (Å²) >= 11 is 0. The van der Waals surface area contributed by atoms with Crippen molar-refractivity contribution >= 4 is 11.6 Å². The third-order valence-corrected chi connectivity index (χ3v) is 3.23. The number of amides is 1. The minimum absolute atomic E-state index is 0.00700. The lowest BCUT2D eigenvalue weighted by Crippen LogP contribution is -2.23. The summed E-state index contributed by atoms with van der Waals surface area (Å²) in [4.78, 5) is 26.6. The van der Waals surface area contributed by atoms with Crippen molar-refractivity contribution in [3.8, 4) is 5.88 Å². The summed E-state index contributed by atoms with van der Waals surface area (Å²) < 4.78 is 5.40. The molecule has 2 rings (SSSR count). The van der Waals surface area contributed by atoms with E-state index in [0.29, 0.717) is 23.6 Å². The summed E-state index contributed by atoms with van der Waals surface area (Å²) in [6, 6.07) is 7.85. The molecule has 0 fully saturated rings. The van der Waals surface area contributed by atoms with Crippen LogP contribution in [0.2, 0.25) is 0 Å². The van der Waals surface area contributed by atoms with Gasteiger partial charge in [-0.3, -0.25) is 14.9 Å². The summed E-state index contributed by atoms with van der Waals surface area (Å²) in [6.07, 6.45) is 1.62. The number of pyridine rings is 1. The van der Waals surface area contributed by atoms with Crippen molar-refractivity contribution in [1.29, 1.82) is 0 Å². The van der Waals surface area contributed by atoms with Crippen LogP contribution in [0.4, 0.5) is 5.69 Å². The number of carbonyl (C=O) groups excluding carboxylic acids is 1. The van der Waals surface area contributed by atoms with Gasteiger partial charge in [0.25, 0.3) is 11.6 Å². The first-order valence-electron chi connectivity index (χ1n) is 7.13. The Morgan fingerprint density at radius 1 is 1.39 bits per heavy atom. The Hall–Kier alpha value is -2.96. The van der Waals surface area contributed by atoms with Gasteiger partial charge in [-0.25, -0.2) is 4.98 Å². The standard InChI is InChI=1S/C16H17N3O4/c1-3-23-16-13(5-4-8-17-16)10-18-15(20)12-6-7-14(19(21)22)11(2)9-12/h4-9H,3,10H2,1-2H3,(H,18,20). The molecule has 1 heterocycles.